The second-order valence-corrected chi connectivity index (χ2v) is 8.69. The summed E-state index contributed by atoms with van der Waals surface area (Å²) in [5.74, 6) is 0.455. The van der Waals surface area contributed by atoms with Crippen LogP contribution in [0.3, 0.4) is 0 Å². The Morgan fingerprint density at radius 1 is 1.02 bits per heavy atom. The summed E-state index contributed by atoms with van der Waals surface area (Å²) in [6.45, 7) is 4.01. The molecule has 0 unspecified atom stereocenters. The molecule has 0 saturated carbocycles. The third-order valence-corrected chi connectivity index (χ3v) is 5.76. The molecule has 0 aliphatic heterocycles. The van der Waals surface area contributed by atoms with Gasteiger partial charge in [0.25, 0.3) is 0 Å². The standard InChI is InChI=1S/C28H27ClN6O5/c1-3-26(36)31-15-27(37)35-23-13-20-22(14-25(23)39-11-10-38-2)32-17-33-28(20)34-18-7-8-24(21(29)12-18)40-16-19-6-4-5-9-30-19/h3-9,12-14,17H,1,10-11,15-16H2,2H3,(H,31,36)(H,35,37)(H,32,33,34). The first-order chi connectivity index (χ1) is 19.5. The zero-order valence-corrected chi connectivity index (χ0v) is 22.4. The van der Waals surface area contributed by atoms with E-state index in [1.807, 2.05) is 18.2 Å². The van der Waals surface area contributed by atoms with Crippen molar-refractivity contribution in [2.45, 2.75) is 6.61 Å². The van der Waals surface area contributed by atoms with Gasteiger partial charge in [-0.05, 0) is 42.5 Å². The van der Waals surface area contributed by atoms with Crippen molar-refractivity contribution < 1.29 is 23.8 Å². The maximum absolute atomic E-state index is 12.5. The van der Waals surface area contributed by atoms with Crippen molar-refractivity contribution in [3.05, 3.63) is 84.4 Å². The highest BCUT2D eigenvalue weighted by molar-refractivity contribution is 6.32. The number of pyridine rings is 1. The number of nitrogens with zero attached hydrogens (tertiary/aromatic N) is 3. The fourth-order valence-electron chi connectivity index (χ4n) is 3.54. The lowest BCUT2D eigenvalue weighted by Crippen LogP contribution is -2.31. The molecule has 12 heteroatoms. The summed E-state index contributed by atoms with van der Waals surface area (Å²) < 4.78 is 16.7. The monoisotopic (exact) mass is 562 g/mol. The van der Waals surface area contributed by atoms with Crippen molar-refractivity contribution in [2.75, 3.05) is 37.5 Å². The lowest BCUT2D eigenvalue weighted by Gasteiger charge is -2.16. The Morgan fingerprint density at radius 3 is 2.65 bits per heavy atom. The van der Waals surface area contributed by atoms with Gasteiger partial charge in [-0.15, -0.1) is 0 Å². The quantitative estimate of drug-likeness (QED) is 0.161. The molecule has 11 nitrogen and oxygen atoms in total. The van der Waals surface area contributed by atoms with Gasteiger partial charge < -0.3 is 30.2 Å². The van der Waals surface area contributed by atoms with E-state index in [9.17, 15) is 9.59 Å². The van der Waals surface area contributed by atoms with Gasteiger partial charge in [0, 0.05) is 30.4 Å². The Kier molecular flexibility index (Phi) is 9.81. The van der Waals surface area contributed by atoms with Gasteiger partial charge >= 0.3 is 0 Å². The molecule has 2 aromatic heterocycles. The van der Waals surface area contributed by atoms with Crippen LogP contribution < -0.4 is 25.4 Å². The van der Waals surface area contributed by atoms with Crippen LogP contribution in [0.1, 0.15) is 5.69 Å². The van der Waals surface area contributed by atoms with Crippen molar-refractivity contribution in [1.29, 1.82) is 0 Å². The minimum atomic E-state index is -0.461. The van der Waals surface area contributed by atoms with Crippen LogP contribution in [0, 0.1) is 0 Å². The second kappa shape index (κ2) is 13.9. The number of fused-ring (bicyclic) bond motifs is 1. The Labute approximate surface area is 235 Å². The number of halogens is 1. The van der Waals surface area contributed by atoms with E-state index in [1.165, 1.54) is 6.33 Å². The van der Waals surface area contributed by atoms with Gasteiger partial charge in [-0.2, -0.15) is 0 Å². The molecule has 2 heterocycles. The highest BCUT2D eigenvalue weighted by Crippen LogP contribution is 2.35. The minimum Gasteiger partial charge on any atom is -0.489 e. The van der Waals surface area contributed by atoms with Gasteiger partial charge in [-0.25, -0.2) is 9.97 Å². The summed E-state index contributed by atoms with van der Waals surface area (Å²) in [6.07, 6.45) is 4.20. The van der Waals surface area contributed by atoms with Crippen LogP contribution in [-0.4, -0.2) is 53.6 Å². The Bertz CT molecular complexity index is 1500. The van der Waals surface area contributed by atoms with Gasteiger partial charge in [-0.3, -0.25) is 14.6 Å². The predicted octanol–water partition coefficient (Wildman–Crippen LogP) is 4.27. The first kappa shape index (κ1) is 28.3. The minimum absolute atomic E-state index is 0.246. The van der Waals surface area contributed by atoms with E-state index in [2.05, 4.69) is 37.5 Å². The molecule has 40 heavy (non-hydrogen) atoms. The Morgan fingerprint density at radius 2 is 1.90 bits per heavy atom. The molecule has 2 aromatic carbocycles. The van der Waals surface area contributed by atoms with Crippen LogP contribution in [0.25, 0.3) is 10.9 Å². The van der Waals surface area contributed by atoms with E-state index in [4.69, 9.17) is 25.8 Å². The Hall–Kier alpha value is -4.74. The maximum Gasteiger partial charge on any atom is 0.243 e. The number of amides is 2. The molecule has 0 aliphatic carbocycles. The van der Waals surface area contributed by atoms with E-state index in [1.54, 1.807) is 43.6 Å². The average molecular weight is 563 g/mol. The summed E-state index contributed by atoms with van der Waals surface area (Å²) in [5.41, 5.74) is 2.39. The predicted molar refractivity (Wildman–Crippen MR) is 152 cm³/mol. The second-order valence-electron chi connectivity index (χ2n) is 8.28. The normalized spacial score (nSPS) is 10.6. The van der Waals surface area contributed by atoms with Crippen molar-refractivity contribution in [3.8, 4) is 11.5 Å². The summed E-state index contributed by atoms with van der Waals surface area (Å²) in [7, 11) is 1.56. The molecular weight excluding hydrogens is 536 g/mol. The first-order valence-electron chi connectivity index (χ1n) is 12.2. The molecule has 0 radical (unpaired) electrons. The fraction of sp³-hybridized carbons (Fsp3) is 0.179. The zero-order valence-electron chi connectivity index (χ0n) is 21.6. The van der Waals surface area contributed by atoms with Gasteiger partial charge in [0.05, 0.1) is 35.1 Å². The smallest absolute Gasteiger partial charge is 0.243 e. The Balaban J connectivity index is 1.56. The zero-order chi connectivity index (χ0) is 28.3. The number of hydrogen-bond donors (Lipinski definition) is 3. The molecule has 0 fully saturated rings. The lowest BCUT2D eigenvalue weighted by atomic mass is 10.1. The number of ether oxygens (including phenoxy) is 3. The SMILES string of the molecule is C=CC(=O)NCC(=O)Nc1cc2c(Nc3ccc(OCc4ccccn4)c(Cl)c3)ncnc2cc1OCCOC. The third-order valence-electron chi connectivity index (χ3n) is 5.46. The summed E-state index contributed by atoms with van der Waals surface area (Å²) in [6, 6.07) is 14.3. The molecule has 0 spiro atoms. The molecule has 3 N–H and O–H groups in total. The molecule has 0 bridgehead atoms. The number of nitrogens with one attached hydrogen (secondary N) is 3. The van der Waals surface area contributed by atoms with E-state index in [0.29, 0.717) is 51.2 Å². The summed E-state index contributed by atoms with van der Waals surface area (Å²) >= 11 is 6.48. The molecule has 4 aromatic rings. The summed E-state index contributed by atoms with van der Waals surface area (Å²) in [4.78, 5) is 37.0. The van der Waals surface area contributed by atoms with E-state index < -0.39 is 11.8 Å². The number of methoxy groups -OCH3 is 1. The van der Waals surface area contributed by atoms with Crippen LogP contribution in [0.4, 0.5) is 17.2 Å². The number of carbonyl (C=O) groups excluding carboxylic acids is 2. The molecule has 0 atom stereocenters. The third kappa shape index (κ3) is 7.65. The molecular formula is C28H27ClN6O5. The van der Waals surface area contributed by atoms with Crippen molar-refractivity contribution in [1.82, 2.24) is 20.3 Å². The first-order valence-corrected chi connectivity index (χ1v) is 12.5. The van der Waals surface area contributed by atoms with Gasteiger partial charge in [0.15, 0.2) is 0 Å². The average Bonchev–Trinajstić information content (AvgIpc) is 2.96. The highest BCUT2D eigenvalue weighted by atomic mass is 35.5. The van der Waals surface area contributed by atoms with E-state index in [-0.39, 0.29) is 19.8 Å². The van der Waals surface area contributed by atoms with Gasteiger partial charge in [0.1, 0.15) is 36.9 Å². The fourth-order valence-corrected chi connectivity index (χ4v) is 3.77. The van der Waals surface area contributed by atoms with Crippen LogP contribution >= 0.6 is 11.6 Å². The highest BCUT2D eigenvalue weighted by Gasteiger charge is 2.15. The number of rotatable bonds is 13. The summed E-state index contributed by atoms with van der Waals surface area (Å²) in [5, 5.41) is 9.46. The van der Waals surface area contributed by atoms with E-state index in [0.717, 1.165) is 11.8 Å². The molecule has 206 valence electrons. The molecule has 0 aliphatic rings. The number of anilines is 3. The van der Waals surface area contributed by atoms with Crippen molar-refractivity contribution >= 4 is 51.5 Å². The van der Waals surface area contributed by atoms with Gasteiger partial charge in [0.2, 0.25) is 11.8 Å². The number of aromatic nitrogens is 3. The number of hydrogen-bond acceptors (Lipinski definition) is 9. The topological polar surface area (TPSA) is 137 Å². The number of carbonyl (C=O) groups is 2. The largest absolute Gasteiger partial charge is 0.489 e. The van der Waals surface area contributed by atoms with Crippen LogP contribution in [0.15, 0.2) is 73.7 Å². The molecule has 4 rings (SSSR count). The number of benzene rings is 2. The van der Waals surface area contributed by atoms with Crippen molar-refractivity contribution in [2.24, 2.45) is 0 Å². The van der Waals surface area contributed by atoms with Crippen LogP contribution in [0.2, 0.25) is 5.02 Å². The van der Waals surface area contributed by atoms with Crippen LogP contribution in [0.5, 0.6) is 11.5 Å². The lowest BCUT2D eigenvalue weighted by molar-refractivity contribution is -0.121. The molecule has 2 amide bonds. The molecule has 0 saturated heterocycles. The van der Waals surface area contributed by atoms with Crippen LogP contribution in [-0.2, 0) is 20.9 Å². The van der Waals surface area contributed by atoms with Gasteiger partial charge in [-0.1, -0.05) is 24.2 Å². The maximum atomic E-state index is 12.5. The van der Waals surface area contributed by atoms with E-state index >= 15 is 0 Å². The van der Waals surface area contributed by atoms with Crippen molar-refractivity contribution in [3.63, 3.8) is 0 Å².